The van der Waals surface area contributed by atoms with Crippen molar-refractivity contribution in [2.45, 2.75) is 62.7 Å². The molecule has 0 spiro atoms. The molecule has 0 aromatic carbocycles. The number of thiol groups is 1. The van der Waals surface area contributed by atoms with Gasteiger partial charge in [0.05, 0.1) is 6.04 Å². The lowest BCUT2D eigenvalue weighted by atomic mass is 10.1. The number of nitrogens with two attached hydrogens (primary N) is 3. The number of carboxylic acid groups (broad SMARTS) is 1. The number of hydrogen-bond acceptors (Lipinski definition) is 8. The first-order chi connectivity index (χ1) is 15.0. The van der Waals surface area contributed by atoms with Gasteiger partial charge in [-0.2, -0.15) is 12.6 Å². The Balaban J connectivity index is 2.93. The SMILES string of the molecule is NC(=O)CCC(N)C(=O)NC(CCC(N)=O)C(=O)N1CCCC1C(=O)NC(CS)C(=O)O. The van der Waals surface area contributed by atoms with Crippen LogP contribution in [0.15, 0.2) is 0 Å². The fraction of sp³-hybridized carbons (Fsp3) is 0.667. The van der Waals surface area contributed by atoms with Gasteiger partial charge in [0.2, 0.25) is 29.5 Å². The van der Waals surface area contributed by atoms with Crippen molar-refractivity contribution in [3.8, 4) is 0 Å². The van der Waals surface area contributed by atoms with Crippen molar-refractivity contribution in [1.29, 1.82) is 0 Å². The number of primary amides is 2. The Hall–Kier alpha value is -2.87. The van der Waals surface area contributed by atoms with Crippen LogP contribution in [0.25, 0.3) is 0 Å². The summed E-state index contributed by atoms with van der Waals surface area (Å²) in [6.07, 6.45) is 0.286. The van der Waals surface area contributed by atoms with E-state index in [-0.39, 0.29) is 38.0 Å². The molecule has 1 aliphatic heterocycles. The molecule has 1 rings (SSSR count). The van der Waals surface area contributed by atoms with E-state index in [9.17, 15) is 28.8 Å². The summed E-state index contributed by atoms with van der Waals surface area (Å²) in [5, 5.41) is 13.9. The Bertz CT molecular complexity index is 749. The first-order valence-electron chi connectivity index (χ1n) is 10.0. The Labute approximate surface area is 190 Å². The quantitative estimate of drug-likeness (QED) is 0.134. The lowest BCUT2D eigenvalue weighted by molar-refractivity contribution is -0.144. The molecule has 5 amide bonds. The number of carbonyl (C=O) groups is 6. The van der Waals surface area contributed by atoms with Crippen molar-refractivity contribution in [3.05, 3.63) is 0 Å². The average Bonchev–Trinajstić information content (AvgIpc) is 3.21. The number of amides is 5. The largest absolute Gasteiger partial charge is 0.480 e. The highest BCUT2D eigenvalue weighted by atomic mass is 32.1. The molecule has 1 aliphatic rings. The van der Waals surface area contributed by atoms with E-state index in [4.69, 9.17) is 22.3 Å². The predicted octanol–water partition coefficient (Wildman–Crippen LogP) is -3.18. The lowest BCUT2D eigenvalue weighted by Crippen LogP contribution is -2.57. The van der Waals surface area contributed by atoms with E-state index in [1.165, 1.54) is 4.90 Å². The molecule has 0 bridgehead atoms. The molecule has 0 aromatic heterocycles. The minimum atomic E-state index is -1.26. The molecule has 13 nitrogen and oxygen atoms in total. The van der Waals surface area contributed by atoms with Gasteiger partial charge in [-0.05, 0) is 25.7 Å². The lowest BCUT2D eigenvalue weighted by Gasteiger charge is -2.29. The van der Waals surface area contributed by atoms with E-state index in [1.807, 2.05) is 0 Å². The summed E-state index contributed by atoms with van der Waals surface area (Å²) < 4.78 is 0. The van der Waals surface area contributed by atoms with Crippen LogP contribution in [0.2, 0.25) is 0 Å². The van der Waals surface area contributed by atoms with Crippen molar-refractivity contribution >= 4 is 48.1 Å². The highest BCUT2D eigenvalue weighted by Crippen LogP contribution is 2.20. The summed E-state index contributed by atoms with van der Waals surface area (Å²) in [5.74, 6) is -4.74. The topological polar surface area (TPSA) is 228 Å². The average molecular weight is 475 g/mol. The fourth-order valence-electron chi connectivity index (χ4n) is 3.21. The molecule has 0 aromatic rings. The van der Waals surface area contributed by atoms with Crippen LogP contribution in [0.4, 0.5) is 0 Å². The maximum absolute atomic E-state index is 13.1. The number of carboxylic acids is 1. The first-order valence-corrected chi connectivity index (χ1v) is 10.7. The van der Waals surface area contributed by atoms with E-state index in [0.717, 1.165) is 0 Å². The van der Waals surface area contributed by atoms with E-state index in [1.54, 1.807) is 0 Å². The number of nitrogens with zero attached hydrogens (tertiary/aromatic N) is 1. The number of aliphatic carboxylic acids is 1. The molecule has 0 saturated carbocycles. The number of nitrogens with one attached hydrogen (secondary N) is 2. The Morgan fingerprint density at radius 3 is 2.12 bits per heavy atom. The van der Waals surface area contributed by atoms with Gasteiger partial charge in [-0.25, -0.2) is 4.79 Å². The zero-order valence-corrected chi connectivity index (χ0v) is 18.4. The molecule has 180 valence electrons. The van der Waals surface area contributed by atoms with Gasteiger partial charge in [0.1, 0.15) is 18.1 Å². The minimum absolute atomic E-state index is 0.0348. The van der Waals surface area contributed by atoms with Gasteiger partial charge in [-0.1, -0.05) is 0 Å². The van der Waals surface area contributed by atoms with Crippen molar-refractivity contribution < 1.29 is 33.9 Å². The third kappa shape index (κ3) is 8.34. The molecule has 1 fully saturated rings. The highest BCUT2D eigenvalue weighted by molar-refractivity contribution is 7.80. The summed E-state index contributed by atoms with van der Waals surface area (Å²) in [5.41, 5.74) is 15.9. The Morgan fingerprint density at radius 2 is 1.59 bits per heavy atom. The predicted molar refractivity (Wildman–Crippen MR) is 115 cm³/mol. The number of likely N-dealkylation sites (tertiary alicyclic amines) is 1. The Morgan fingerprint density at radius 1 is 1.00 bits per heavy atom. The first kappa shape index (κ1) is 27.2. The molecule has 4 unspecified atom stereocenters. The van der Waals surface area contributed by atoms with Gasteiger partial charge < -0.3 is 37.8 Å². The minimum Gasteiger partial charge on any atom is -0.480 e. The molecule has 1 heterocycles. The molecule has 32 heavy (non-hydrogen) atoms. The molecular weight excluding hydrogens is 444 g/mol. The zero-order valence-electron chi connectivity index (χ0n) is 17.5. The van der Waals surface area contributed by atoms with Gasteiger partial charge in [-0.3, -0.25) is 24.0 Å². The number of hydrogen-bond donors (Lipinski definition) is 7. The van der Waals surface area contributed by atoms with Crippen LogP contribution >= 0.6 is 12.6 Å². The highest BCUT2D eigenvalue weighted by Gasteiger charge is 2.39. The van der Waals surface area contributed by atoms with E-state index < -0.39 is 59.7 Å². The summed E-state index contributed by atoms with van der Waals surface area (Å²) in [4.78, 5) is 72.6. The van der Waals surface area contributed by atoms with Crippen molar-refractivity contribution in [3.63, 3.8) is 0 Å². The van der Waals surface area contributed by atoms with E-state index in [0.29, 0.717) is 12.8 Å². The van der Waals surface area contributed by atoms with Crippen LogP contribution in [-0.4, -0.2) is 82.0 Å². The normalized spacial score (nSPS) is 18.3. The van der Waals surface area contributed by atoms with Crippen molar-refractivity contribution in [2.75, 3.05) is 12.3 Å². The molecule has 0 radical (unpaired) electrons. The number of rotatable bonds is 13. The van der Waals surface area contributed by atoms with Gasteiger partial charge in [0.25, 0.3) is 0 Å². The van der Waals surface area contributed by atoms with Crippen LogP contribution in [0, 0.1) is 0 Å². The van der Waals surface area contributed by atoms with Gasteiger partial charge >= 0.3 is 5.97 Å². The van der Waals surface area contributed by atoms with Crippen LogP contribution in [0.3, 0.4) is 0 Å². The third-order valence-corrected chi connectivity index (χ3v) is 5.33. The fourth-order valence-corrected chi connectivity index (χ4v) is 3.46. The third-order valence-electron chi connectivity index (χ3n) is 4.97. The molecule has 0 aliphatic carbocycles. The van der Waals surface area contributed by atoms with Crippen molar-refractivity contribution in [1.82, 2.24) is 15.5 Å². The van der Waals surface area contributed by atoms with E-state index >= 15 is 0 Å². The van der Waals surface area contributed by atoms with Crippen LogP contribution in [0.1, 0.15) is 38.5 Å². The molecular formula is C18H30N6O7S. The second kappa shape index (κ2) is 12.9. The smallest absolute Gasteiger partial charge is 0.327 e. The maximum atomic E-state index is 13.1. The number of carbonyl (C=O) groups excluding carboxylic acids is 5. The second-order valence-corrected chi connectivity index (χ2v) is 7.81. The van der Waals surface area contributed by atoms with Gasteiger partial charge in [-0.15, -0.1) is 0 Å². The van der Waals surface area contributed by atoms with Gasteiger partial charge in [0, 0.05) is 25.1 Å². The summed E-state index contributed by atoms with van der Waals surface area (Å²) in [6.45, 7) is 0.201. The molecule has 1 saturated heterocycles. The van der Waals surface area contributed by atoms with Crippen LogP contribution < -0.4 is 27.8 Å². The zero-order chi connectivity index (χ0) is 24.4. The summed E-state index contributed by atoms with van der Waals surface area (Å²) in [7, 11) is 0. The van der Waals surface area contributed by atoms with Crippen LogP contribution in [-0.2, 0) is 28.8 Å². The Kier molecular flexibility index (Phi) is 10.9. The molecule has 9 N–H and O–H groups in total. The van der Waals surface area contributed by atoms with Crippen molar-refractivity contribution in [2.24, 2.45) is 17.2 Å². The standard InChI is InChI=1S/C18H30N6O7S/c19-9(3-5-13(20)25)15(27)22-10(4-6-14(21)26)17(29)24-7-1-2-12(24)16(28)23-11(8-32)18(30)31/h9-12,32H,1-8,19H2,(H2,20,25)(H2,21,26)(H,22,27)(H,23,28)(H,30,31). The second-order valence-electron chi connectivity index (χ2n) is 7.45. The van der Waals surface area contributed by atoms with Crippen LogP contribution in [0.5, 0.6) is 0 Å². The summed E-state index contributed by atoms with van der Waals surface area (Å²) >= 11 is 3.89. The monoisotopic (exact) mass is 474 g/mol. The van der Waals surface area contributed by atoms with E-state index in [2.05, 4.69) is 23.3 Å². The maximum Gasteiger partial charge on any atom is 0.327 e. The van der Waals surface area contributed by atoms with Gasteiger partial charge in [0.15, 0.2) is 0 Å². The molecule has 14 heteroatoms. The molecule has 4 atom stereocenters. The summed E-state index contributed by atoms with van der Waals surface area (Å²) in [6, 6.07) is -4.48.